The molecule has 1 rings (SSSR count). The fourth-order valence-corrected chi connectivity index (χ4v) is 2.20. The summed E-state index contributed by atoms with van der Waals surface area (Å²) in [4.78, 5) is 0. The fraction of sp³-hybridized carbons (Fsp3) is 0.286. The lowest BCUT2D eigenvalue weighted by molar-refractivity contribution is 0.491. The Morgan fingerprint density at radius 3 is 1.94 bits per heavy atom. The smallest absolute Gasteiger partial charge is 0.492 e. The molecule has 0 unspecified atom stereocenters. The van der Waals surface area contributed by atoms with Crippen LogP contribution in [-0.2, 0) is 5.41 Å². The molecule has 0 heterocycles. The van der Waals surface area contributed by atoms with Gasteiger partial charge in [-0.05, 0) is 34.5 Å². The van der Waals surface area contributed by atoms with E-state index in [1.807, 2.05) is 12.1 Å². The van der Waals surface area contributed by atoms with Gasteiger partial charge in [0.2, 0.25) is 0 Å². The molecule has 3 heteroatoms. The Hall–Kier alpha value is -1.35. The highest BCUT2D eigenvalue weighted by Crippen LogP contribution is 2.25. The van der Waals surface area contributed by atoms with Crippen LogP contribution >= 0.6 is 0 Å². The standard InChI is InChI=1S/C14H19FOSi/c1-6-17(15,7-2)16-13-10-8-12(9-11-13)14(3,4)5/h6-11H,1-2H2,3-5H3. The van der Waals surface area contributed by atoms with Crippen LogP contribution in [0, 0.1) is 0 Å². The number of hydrogen-bond acceptors (Lipinski definition) is 1. The predicted octanol–water partition coefficient (Wildman–Crippen LogP) is 4.23. The second-order valence-corrected chi connectivity index (χ2v) is 7.40. The highest BCUT2D eigenvalue weighted by atomic mass is 28.4. The Balaban J connectivity index is 2.89. The molecule has 17 heavy (non-hydrogen) atoms. The van der Waals surface area contributed by atoms with Crippen LogP contribution in [0.25, 0.3) is 0 Å². The van der Waals surface area contributed by atoms with Crippen LogP contribution < -0.4 is 4.43 Å². The Labute approximate surface area is 104 Å². The zero-order valence-electron chi connectivity index (χ0n) is 10.7. The lowest BCUT2D eigenvalue weighted by Crippen LogP contribution is -2.32. The summed E-state index contributed by atoms with van der Waals surface area (Å²) in [5.41, 5.74) is 3.71. The van der Waals surface area contributed by atoms with E-state index in [0.717, 1.165) is 0 Å². The molecule has 0 aliphatic rings. The average molecular weight is 250 g/mol. The summed E-state index contributed by atoms with van der Waals surface area (Å²) < 4.78 is 19.3. The quantitative estimate of drug-likeness (QED) is 0.574. The van der Waals surface area contributed by atoms with Gasteiger partial charge in [-0.15, -0.1) is 13.2 Å². The molecule has 92 valence electrons. The normalized spacial score (nSPS) is 12.0. The summed E-state index contributed by atoms with van der Waals surface area (Å²) in [7, 11) is -3.47. The first-order valence-corrected chi connectivity index (χ1v) is 7.50. The molecule has 0 spiro atoms. The van der Waals surface area contributed by atoms with Gasteiger partial charge in [0.05, 0.1) is 0 Å². The maximum absolute atomic E-state index is 14.0. The van der Waals surface area contributed by atoms with Crippen molar-refractivity contribution in [2.45, 2.75) is 26.2 Å². The first kappa shape index (κ1) is 13.7. The lowest BCUT2D eigenvalue weighted by atomic mass is 9.87. The molecular formula is C14H19FOSi. The third-order valence-electron chi connectivity index (χ3n) is 2.55. The van der Waals surface area contributed by atoms with Gasteiger partial charge >= 0.3 is 8.65 Å². The molecule has 1 aromatic rings. The van der Waals surface area contributed by atoms with Gasteiger partial charge in [0.1, 0.15) is 5.75 Å². The Bertz CT molecular complexity index is 395. The largest absolute Gasteiger partial charge is 0.512 e. The summed E-state index contributed by atoms with van der Waals surface area (Å²) in [5.74, 6) is 0.520. The van der Waals surface area contributed by atoms with E-state index < -0.39 is 8.65 Å². The van der Waals surface area contributed by atoms with Crippen molar-refractivity contribution < 1.29 is 8.53 Å². The molecule has 0 saturated heterocycles. The molecule has 0 atom stereocenters. The van der Waals surface area contributed by atoms with Gasteiger partial charge in [-0.25, -0.2) is 0 Å². The van der Waals surface area contributed by atoms with E-state index in [1.54, 1.807) is 12.1 Å². The Kier molecular flexibility index (Phi) is 3.93. The Morgan fingerprint density at radius 1 is 1.12 bits per heavy atom. The van der Waals surface area contributed by atoms with Crippen molar-refractivity contribution in [3.8, 4) is 5.75 Å². The third kappa shape index (κ3) is 3.56. The second-order valence-electron chi connectivity index (χ2n) is 4.98. The van der Waals surface area contributed by atoms with Crippen LogP contribution in [0.4, 0.5) is 4.11 Å². The molecule has 0 amide bonds. The number of halogens is 1. The first-order valence-electron chi connectivity index (χ1n) is 5.56. The minimum Gasteiger partial charge on any atom is -0.512 e. The van der Waals surface area contributed by atoms with E-state index in [1.165, 1.54) is 17.0 Å². The molecule has 0 fully saturated rings. The van der Waals surface area contributed by atoms with Crippen LogP contribution in [0.5, 0.6) is 5.75 Å². The molecule has 0 aromatic heterocycles. The highest BCUT2D eigenvalue weighted by molar-refractivity contribution is 6.77. The van der Waals surface area contributed by atoms with Crippen molar-refractivity contribution in [2.24, 2.45) is 0 Å². The van der Waals surface area contributed by atoms with Crippen LogP contribution in [0.3, 0.4) is 0 Å². The van der Waals surface area contributed by atoms with Crippen molar-refractivity contribution >= 4 is 8.65 Å². The number of hydrogen-bond donors (Lipinski definition) is 0. The van der Waals surface area contributed by atoms with Gasteiger partial charge < -0.3 is 4.43 Å². The average Bonchev–Trinajstić information content (AvgIpc) is 2.28. The predicted molar refractivity (Wildman–Crippen MR) is 73.0 cm³/mol. The zero-order valence-corrected chi connectivity index (χ0v) is 11.7. The molecule has 0 saturated carbocycles. The second kappa shape index (κ2) is 4.88. The first-order chi connectivity index (χ1) is 7.80. The van der Waals surface area contributed by atoms with E-state index >= 15 is 0 Å². The maximum Gasteiger partial charge on any atom is 0.492 e. The fourth-order valence-electron chi connectivity index (χ4n) is 1.37. The topological polar surface area (TPSA) is 9.23 Å². The molecule has 0 aliphatic heterocycles. The Morgan fingerprint density at radius 2 is 1.59 bits per heavy atom. The van der Waals surface area contributed by atoms with E-state index in [4.69, 9.17) is 4.43 Å². The van der Waals surface area contributed by atoms with Crippen molar-refractivity contribution in [1.82, 2.24) is 0 Å². The molecule has 0 bridgehead atoms. The van der Waals surface area contributed by atoms with Gasteiger partial charge in [-0.3, -0.25) is 4.11 Å². The van der Waals surface area contributed by atoms with Crippen molar-refractivity contribution in [3.63, 3.8) is 0 Å². The minimum absolute atomic E-state index is 0.0830. The molecule has 0 N–H and O–H groups in total. The molecule has 0 aliphatic carbocycles. The van der Waals surface area contributed by atoms with Crippen molar-refractivity contribution in [1.29, 1.82) is 0 Å². The van der Waals surface area contributed by atoms with Crippen LogP contribution in [0.15, 0.2) is 48.8 Å². The summed E-state index contributed by atoms with van der Waals surface area (Å²) in [6.45, 7) is 13.3. The summed E-state index contributed by atoms with van der Waals surface area (Å²) in [5, 5.41) is 0. The molecular weight excluding hydrogens is 231 g/mol. The van der Waals surface area contributed by atoms with Crippen molar-refractivity contribution in [3.05, 3.63) is 54.4 Å². The summed E-state index contributed by atoms with van der Waals surface area (Å²) in [6.07, 6.45) is 0. The van der Waals surface area contributed by atoms with E-state index in [0.29, 0.717) is 5.75 Å². The van der Waals surface area contributed by atoms with Crippen LogP contribution in [0.1, 0.15) is 26.3 Å². The monoisotopic (exact) mass is 250 g/mol. The molecule has 0 radical (unpaired) electrons. The van der Waals surface area contributed by atoms with Gasteiger partial charge in [0.25, 0.3) is 0 Å². The number of benzene rings is 1. The van der Waals surface area contributed by atoms with E-state index in [2.05, 4.69) is 33.9 Å². The lowest BCUT2D eigenvalue weighted by Gasteiger charge is -2.20. The minimum atomic E-state index is -3.47. The molecule has 1 nitrogen and oxygen atoms in total. The third-order valence-corrected chi connectivity index (χ3v) is 4.21. The van der Waals surface area contributed by atoms with Gasteiger partial charge in [0, 0.05) is 0 Å². The highest BCUT2D eigenvalue weighted by Gasteiger charge is 2.30. The van der Waals surface area contributed by atoms with E-state index in [9.17, 15) is 4.11 Å². The number of rotatable bonds is 4. The SMILES string of the molecule is C=C[Si](F)(C=C)Oc1ccc(C(C)(C)C)cc1. The van der Waals surface area contributed by atoms with Gasteiger partial charge in [-0.1, -0.05) is 32.9 Å². The zero-order chi connectivity index (χ0) is 13.1. The van der Waals surface area contributed by atoms with E-state index in [-0.39, 0.29) is 5.41 Å². The summed E-state index contributed by atoms with van der Waals surface area (Å²) >= 11 is 0. The van der Waals surface area contributed by atoms with Gasteiger partial charge in [-0.2, -0.15) is 0 Å². The van der Waals surface area contributed by atoms with Crippen LogP contribution in [-0.4, -0.2) is 8.65 Å². The summed E-state index contributed by atoms with van der Waals surface area (Å²) in [6, 6.07) is 7.48. The maximum atomic E-state index is 14.0. The molecule has 1 aromatic carbocycles. The van der Waals surface area contributed by atoms with Crippen molar-refractivity contribution in [2.75, 3.05) is 0 Å². The van der Waals surface area contributed by atoms with Gasteiger partial charge in [0.15, 0.2) is 0 Å². The van der Waals surface area contributed by atoms with Crippen LogP contribution in [0.2, 0.25) is 0 Å².